The first-order valence-electron chi connectivity index (χ1n) is 7.38. The fourth-order valence-corrected chi connectivity index (χ4v) is 3.63. The van der Waals surface area contributed by atoms with Crippen molar-refractivity contribution in [2.24, 2.45) is 0 Å². The van der Waals surface area contributed by atoms with Crippen molar-refractivity contribution in [3.05, 3.63) is 40.3 Å². The predicted octanol–water partition coefficient (Wildman–Crippen LogP) is 1.78. The highest BCUT2D eigenvalue weighted by Gasteiger charge is 2.30. The van der Waals surface area contributed by atoms with E-state index < -0.39 is 14.9 Å². The van der Waals surface area contributed by atoms with Gasteiger partial charge >= 0.3 is 0 Å². The fraction of sp³-hybridized carbons (Fsp3) is 0.429. The van der Waals surface area contributed by atoms with Crippen molar-refractivity contribution in [3.8, 4) is 11.4 Å². The molecule has 0 amide bonds. The molecular formula is C14H16N4O5S. The monoisotopic (exact) mass is 352 g/mol. The number of benzene rings is 1. The number of nitrogens with zero attached hydrogens (tertiary/aromatic N) is 4. The van der Waals surface area contributed by atoms with E-state index in [4.69, 9.17) is 4.52 Å². The van der Waals surface area contributed by atoms with Gasteiger partial charge in [0.25, 0.3) is 5.69 Å². The molecule has 1 fully saturated rings. The summed E-state index contributed by atoms with van der Waals surface area (Å²) < 4.78 is 30.0. The molecule has 1 aliphatic heterocycles. The minimum absolute atomic E-state index is 0.0558. The minimum Gasteiger partial charge on any atom is -0.339 e. The molecule has 128 valence electrons. The molecule has 0 spiro atoms. The van der Waals surface area contributed by atoms with Crippen LogP contribution in [0.5, 0.6) is 0 Å². The molecule has 0 aliphatic carbocycles. The second-order valence-corrected chi connectivity index (χ2v) is 7.71. The molecule has 0 N–H and O–H groups in total. The van der Waals surface area contributed by atoms with E-state index in [0.717, 1.165) is 6.42 Å². The van der Waals surface area contributed by atoms with Gasteiger partial charge in [-0.25, -0.2) is 12.7 Å². The van der Waals surface area contributed by atoms with Gasteiger partial charge in [0.15, 0.2) is 0 Å². The molecule has 1 aromatic carbocycles. The molecule has 1 atom stereocenters. The Bertz CT molecular complexity index is 864. The largest absolute Gasteiger partial charge is 0.339 e. The zero-order chi connectivity index (χ0) is 17.3. The van der Waals surface area contributed by atoms with E-state index >= 15 is 0 Å². The highest BCUT2D eigenvalue weighted by Crippen LogP contribution is 2.29. The van der Waals surface area contributed by atoms with Crippen molar-refractivity contribution in [3.63, 3.8) is 0 Å². The van der Waals surface area contributed by atoms with Gasteiger partial charge < -0.3 is 4.52 Å². The van der Waals surface area contributed by atoms with Crippen LogP contribution in [0.2, 0.25) is 0 Å². The maximum absolute atomic E-state index is 11.7. The van der Waals surface area contributed by atoms with Gasteiger partial charge in [-0.05, 0) is 12.8 Å². The summed E-state index contributed by atoms with van der Waals surface area (Å²) in [5, 5.41) is 14.7. The molecule has 1 aromatic heterocycles. The molecule has 1 saturated heterocycles. The van der Waals surface area contributed by atoms with Crippen LogP contribution in [0.15, 0.2) is 28.8 Å². The number of rotatable bonds is 4. The molecule has 3 rings (SSSR count). The Labute approximate surface area is 138 Å². The fourth-order valence-electron chi connectivity index (χ4n) is 2.72. The zero-order valence-corrected chi connectivity index (χ0v) is 13.8. The van der Waals surface area contributed by atoms with Gasteiger partial charge in [0.1, 0.15) is 0 Å². The van der Waals surface area contributed by atoms with E-state index in [1.165, 1.54) is 22.7 Å². The highest BCUT2D eigenvalue weighted by atomic mass is 32.2. The van der Waals surface area contributed by atoms with Gasteiger partial charge in [0.05, 0.1) is 17.1 Å². The summed E-state index contributed by atoms with van der Waals surface area (Å²) in [7, 11) is -3.26. The van der Waals surface area contributed by atoms with Gasteiger partial charge in [-0.3, -0.25) is 10.1 Å². The minimum atomic E-state index is -3.26. The first-order chi connectivity index (χ1) is 11.3. The summed E-state index contributed by atoms with van der Waals surface area (Å²) in [6, 6.07) is 5.97. The van der Waals surface area contributed by atoms with Gasteiger partial charge in [0, 0.05) is 30.8 Å². The van der Waals surface area contributed by atoms with Crippen LogP contribution in [-0.2, 0) is 10.0 Å². The smallest absolute Gasteiger partial charge is 0.270 e. The van der Waals surface area contributed by atoms with Gasteiger partial charge in [-0.1, -0.05) is 17.3 Å². The molecular weight excluding hydrogens is 336 g/mol. The normalized spacial score (nSPS) is 19.3. The van der Waals surface area contributed by atoms with E-state index in [1.807, 2.05) is 0 Å². The summed E-state index contributed by atoms with van der Waals surface area (Å²) in [5.41, 5.74) is 0.426. The lowest BCUT2D eigenvalue weighted by Gasteiger charge is -2.28. The Kier molecular flexibility index (Phi) is 4.33. The number of aromatic nitrogens is 2. The molecule has 1 aliphatic rings. The molecule has 0 radical (unpaired) electrons. The van der Waals surface area contributed by atoms with Crippen molar-refractivity contribution in [1.29, 1.82) is 0 Å². The number of hydrogen-bond acceptors (Lipinski definition) is 7. The Morgan fingerprint density at radius 1 is 1.42 bits per heavy atom. The maximum atomic E-state index is 11.7. The molecule has 0 unspecified atom stereocenters. The predicted molar refractivity (Wildman–Crippen MR) is 84.8 cm³/mol. The van der Waals surface area contributed by atoms with E-state index in [0.29, 0.717) is 31.0 Å². The number of sulfonamides is 1. The van der Waals surface area contributed by atoms with Crippen molar-refractivity contribution < 1.29 is 17.9 Å². The Hall–Kier alpha value is -2.33. The van der Waals surface area contributed by atoms with Crippen LogP contribution in [0.25, 0.3) is 11.4 Å². The lowest BCUT2D eigenvalue weighted by atomic mass is 10.00. The van der Waals surface area contributed by atoms with Crippen LogP contribution >= 0.6 is 0 Å². The summed E-state index contributed by atoms with van der Waals surface area (Å²) in [5.74, 6) is 0.434. The SMILES string of the molecule is CS(=O)(=O)N1CCC[C@H](c2nc(-c3cccc([N+](=O)[O-])c3)no2)C1. The third-order valence-corrected chi connectivity index (χ3v) is 5.23. The molecule has 0 saturated carbocycles. The van der Waals surface area contributed by atoms with Crippen LogP contribution in [0.4, 0.5) is 5.69 Å². The number of hydrogen-bond donors (Lipinski definition) is 0. The molecule has 9 nitrogen and oxygen atoms in total. The summed E-state index contributed by atoms with van der Waals surface area (Å²) >= 11 is 0. The third kappa shape index (κ3) is 3.44. The number of non-ortho nitro benzene ring substituents is 1. The topological polar surface area (TPSA) is 119 Å². The van der Waals surface area contributed by atoms with Crippen molar-refractivity contribution >= 4 is 15.7 Å². The molecule has 10 heteroatoms. The summed E-state index contributed by atoms with van der Waals surface area (Å²) in [6.07, 6.45) is 2.65. The molecule has 2 heterocycles. The van der Waals surface area contributed by atoms with Crippen molar-refractivity contribution in [2.45, 2.75) is 18.8 Å². The van der Waals surface area contributed by atoms with Crippen LogP contribution in [0, 0.1) is 10.1 Å². The maximum Gasteiger partial charge on any atom is 0.270 e. The van der Waals surface area contributed by atoms with Crippen LogP contribution in [0.1, 0.15) is 24.7 Å². The lowest BCUT2D eigenvalue weighted by Crippen LogP contribution is -2.38. The standard InChI is InChI=1S/C14H16N4O5S/c1-24(21,22)17-7-3-5-11(9-17)14-15-13(16-23-14)10-4-2-6-12(8-10)18(19)20/h2,4,6,8,11H,3,5,7,9H2,1H3/t11-/m0/s1. The summed E-state index contributed by atoms with van der Waals surface area (Å²) in [4.78, 5) is 14.7. The second-order valence-electron chi connectivity index (χ2n) is 5.72. The van der Waals surface area contributed by atoms with Crippen molar-refractivity contribution in [2.75, 3.05) is 19.3 Å². The van der Waals surface area contributed by atoms with E-state index in [1.54, 1.807) is 12.1 Å². The van der Waals surface area contributed by atoms with Crippen LogP contribution in [0.3, 0.4) is 0 Å². The average Bonchev–Trinajstić information content (AvgIpc) is 3.04. The van der Waals surface area contributed by atoms with E-state index in [9.17, 15) is 18.5 Å². The second kappa shape index (κ2) is 6.29. The van der Waals surface area contributed by atoms with E-state index in [-0.39, 0.29) is 17.4 Å². The van der Waals surface area contributed by atoms with Crippen molar-refractivity contribution in [1.82, 2.24) is 14.4 Å². The first-order valence-corrected chi connectivity index (χ1v) is 9.23. The number of piperidine rings is 1. The Balaban J connectivity index is 1.83. The Morgan fingerprint density at radius 2 is 2.21 bits per heavy atom. The van der Waals surface area contributed by atoms with Gasteiger partial charge in [-0.15, -0.1) is 0 Å². The van der Waals surface area contributed by atoms with Gasteiger partial charge in [0.2, 0.25) is 21.7 Å². The highest BCUT2D eigenvalue weighted by molar-refractivity contribution is 7.88. The molecule has 24 heavy (non-hydrogen) atoms. The van der Waals surface area contributed by atoms with Crippen LogP contribution in [-0.4, -0.2) is 47.1 Å². The zero-order valence-electron chi connectivity index (χ0n) is 13.0. The lowest BCUT2D eigenvalue weighted by molar-refractivity contribution is -0.384. The Morgan fingerprint density at radius 3 is 2.92 bits per heavy atom. The molecule has 2 aromatic rings. The van der Waals surface area contributed by atoms with Gasteiger partial charge in [-0.2, -0.15) is 4.98 Å². The summed E-state index contributed by atoms with van der Waals surface area (Å²) in [6.45, 7) is 0.788. The number of nitro groups is 1. The molecule has 0 bridgehead atoms. The van der Waals surface area contributed by atoms with Crippen LogP contribution < -0.4 is 0 Å². The quantitative estimate of drug-likeness (QED) is 0.607. The average molecular weight is 352 g/mol. The van der Waals surface area contributed by atoms with E-state index in [2.05, 4.69) is 10.1 Å². The first kappa shape index (κ1) is 16.5. The third-order valence-electron chi connectivity index (χ3n) is 3.96. The number of nitro benzene ring substituents is 1.